The van der Waals surface area contributed by atoms with E-state index in [0.717, 1.165) is 44.5 Å². The smallest absolute Gasteiger partial charge is 0.381 e. The Bertz CT molecular complexity index is 1230. The lowest BCUT2D eigenvalue weighted by Crippen LogP contribution is -2.28. The number of rotatable bonds is 1. The summed E-state index contributed by atoms with van der Waals surface area (Å²) in [5.74, 6) is 0.844. The molecule has 5 rings (SSSR count). The number of hydrogen-bond donors (Lipinski definition) is 0. The number of oxazole rings is 1. The molecule has 0 radical (unpaired) electrons. The van der Waals surface area contributed by atoms with Gasteiger partial charge in [0.2, 0.25) is 5.58 Å². The van der Waals surface area contributed by atoms with E-state index in [1.54, 1.807) is 0 Å². The second kappa shape index (κ2) is 4.71. The van der Waals surface area contributed by atoms with Crippen molar-refractivity contribution in [2.24, 2.45) is 7.05 Å². The summed E-state index contributed by atoms with van der Waals surface area (Å²) in [4.78, 5) is 0. The molecule has 24 heavy (non-hydrogen) atoms. The van der Waals surface area contributed by atoms with Crippen molar-refractivity contribution >= 4 is 33.0 Å². The van der Waals surface area contributed by atoms with Crippen LogP contribution in [-0.4, -0.2) is 0 Å². The Hall–Kier alpha value is -3.07. The summed E-state index contributed by atoms with van der Waals surface area (Å²) in [5, 5.41) is 2.20. The number of hydrogen-bond acceptors (Lipinski definition) is 2. The van der Waals surface area contributed by atoms with Gasteiger partial charge in [0.1, 0.15) is 12.6 Å². The number of aryl methyl sites for hydroxylation is 2. The number of para-hydroxylation sites is 1. The maximum atomic E-state index is 6.28. The van der Waals surface area contributed by atoms with Crippen molar-refractivity contribution in [2.75, 3.05) is 0 Å². The summed E-state index contributed by atoms with van der Waals surface area (Å²) in [6.07, 6.45) is 0. The predicted molar refractivity (Wildman–Crippen MR) is 94.8 cm³/mol. The van der Waals surface area contributed by atoms with Gasteiger partial charge < -0.3 is 8.83 Å². The fraction of sp³-hybridized carbons (Fsp3) is 0.0952. The van der Waals surface area contributed by atoms with E-state index < -0.39 is 0 Å². The van der Waals surface area contributed by atoms with Crippen molar-refractivity contribution < 1.29 is 13.4 Å². The Labute approximate surface area is 138 Å². The van der Waals surface area contributed by atoms with Gasteiger partial charge in [-0.1, -0.05) is 36.4 Å². The van der Waals surface area contributed by atoms with Crippen molar-refractivity contribution in [1.82, 2.24) is 0 Å². The molecule has 0 aliphatic carbocycles. The molecular formula is C21H16NO2+. The van der Waals surface area contributed by atoms with Crippen LogP contribution in [0.5, 0.6) is 0 Å². The van der Waals surface area contributed by atoms with Gasteiger partial charge >= 0.3 is 5.89 Å². The number of aromatic nitrogens is 1. The molecule has 5 aromatic rings. The Morgan fingerprint density at radius 2 is 1.54 bits per heavy atom. The third-order valence-corrected chi connectivity index (χ3v) is 4.72. The molecule has 0 bridgehead atoms. The first-order chi connectivity index (χ1) is 11.7. The van der Waals surface area contributed by atoms with Gasteiger partial charge in [-0.05, 0) is 30.7 Å². The maximum Gasteiger partial charge on any atom is 0.381 e. The van der Waals surface area contributed by atoms with Gasteiger partial charge in [-0.3, -0.25) is 0 Å². The zero-order chi connectivity index (χ0) is 16.3. The Morgan fingerprint density at radius 1 is 0.750 bits per heavy atom. The lowest BCUT2D eigenvalue weighted by Gasteiger charge is -1.97. The highest BCUT2D eigenvalue weighted by atomic mass is 16.4. The van der Waals surface area contributed by atoms with Crippen molar-refractivity contribution in [1.29, 1.82) is 0 Å². The zero-order valence-electron chi connectivity index (χ0n) is 13.5. The van der Waals surface area contributed by atoms with Crippen molar-refractivity contribution in [2.45, 2.75) is 6.92 Å². The lowest BCUT2D eigenvalue weighted by molar-refractivity contribution is -0.637. The molecular weight excluding hydrogens is 298 g/mol. The van der Waals surface area contributed by atoms with Crippen LogP contribution in [0.1, 0.15) is 5.56 Å². The van der Waals surface area contributed by atoms with E-state index in [9.17, 15) is 0 Å². The van der Waals surface area contributed by atoms with Gasteiger partial charge in [-0.2, -0.15) is 4.57 Å². The largest absolute Gasteiger partial charge is 0.452 e. The van der Waals surface area contributed by atoms with Crippen molar-refractivity contribution in [3.05, 3.63) is 66.2 Å². The van der Waals surface area contributed by atoms with E-state index in [1.807, 2.05) is 37.4 Å². The molecule has 0 saturated carbocycles. The van der Waals surface area contributed by atoms with E-state index >= 15 is 0 Å². The number of fused-ring (bicyclic) bond motifs is 5. The van der Waals surface area contributed by atoms with Crippen LogP contribution in [0, 0.1) is 6.92 Å². The van der Waals surface area contributed by atoms with Gasteiger partial charge in [0.05, 0.1) is 5.56 Å². The summed E-state index contributed by atoms with van der Waals surface area (Å²) in [6.45, 7) is 2.10. The molecule has 0 amide bonds. The zero-order valence-corrected chi connectivity index (χ0v) is 13.5. The van der Waals surface area contributed by atoms with Gasteiger partial charge in [0.15, 0.2) is 5.58 Å². The topological polar surface area (TPSA) is 30.2 Å². The lowest BCUT2D eigenvalue weighted by atomic mass is 10.1. The second-order valence-corrected chi connectivity index (χ2v) is 6.17. The highest BCUT2D eigenvalue weighted by molar-refractivity contribution is 6.12. The highest BCUT2D eigenvalue weighted by Gasteiger charge is 2.25. The standard InChI is InChI=1S/C21H16NO2/c1-13-7-3-4-8-14(13)21-22(2)17-12-11-16-15-9-5-6-10-18(15)23-19(16)20(17)24-21/h3-12H,1-2H3/q+1. The van der Waals surface area contributed by atoms with E-state index in [1.165, 1.54) is 5.56 Å². The van der Waals surface area contributed by atoms with E-state index in [4.69, 9.17) is 8.83 Å². The average Bonchev–Trinajstić information content (AvgIpc) is 3.14. The van der Waals surface area contributed by atoms with E-state index in [-0.39, 0.29) is 0 Å². The first-order valence-corrected chi connectivity index (χ1v) is 8.03. The SMILES string of the molecule is Cc1ccccc1-c1oc2c3oc4ccccc4c3ccc2[n+]1C. The molecule has 3 heteroatoms. The summed E-state index contributed by atoms with van der Waals surface area (Å²) >= 11 is 0. The predicted octanol–water partition coefficient (Wildman–Crippen LogP) is 5.13. The van der Waals surface area contributed by atoms with E-state index in [0.29, 0.717) is 0 Å². The van der Waals surface area contributed by atoms with Gasteiger partial charge in [-0.15, -0.1) is 0 Å². The van der Waals surface area contributed by atoms with Crippen LogP contribution in [0.3, 0.4) is 0 Å². The molecule has 3 aromatic carbocycles. The Balaban J connectivity index is 1.91. The molecule has 0 spiro atoms. The molecule has 2 aromatic heterocycles. The third kappa shape index (κ3) is 1.69. The first-order valence-electron chi connectivity index (χ1n) is 8.03. The minimum atomic E-state index is 0.796. The van der Waals surface area contributed by atoms with Crippen molar-refractivity contribution in [3.8, 4) is 11.5 Å². The fourth-order valence-electron chi connectivity index (χ4n) is 3.44. The maximum absolute atomic E-state index is 6.28. The summed E-state index contributed by atoms with van der Waals surface area (Å²) in [7, 11) is 2.03. The molecule has 0 unspecified atom stereocenters. The number of nitrogens with zero attached hydrogens (tertiary/aromatic N) is 1. The van der Waals surface area contributed by atoms with Crippen molar-refractivity contribution in [3.63, 3.8) is 0 Å². The quantitative estimate of drug-likeness (QED) is 0.401. The van der Waals surface area contributed by atoms with Crippen LogP contribution in [0.25, 0.3) is 44.5 Å². The molecule has 3 nitrogen and oxygen atoms in total. The summed E-state index contributed by atoms with van der Waals surface area (Å²) in [5.41, 5.74) is 5.80. The van der Waals surface area contributed by atoms with Gasteiger partial charge in [0, 0.05) is 16.8 Å². The Kier molecular flexibility index (Phi) is 2.63. The molecule has 0 aliphatic heterocycles. The summed E-state index contributed by atoms with van der Waals surface area (Å²) < 4.78 is 14.5. The van der Waals surface area contributed by atoms with Crippen LogP contribution in [0.4, 0.5) is 0 Å². The van der Waals surface area contributed by atoms with Gasteiger partial charge in [0.25, 0.3) is 5.52 Å². The minimum absolute atomic E-state index is 0.796. The van der Waals surface area contributed by atoms with Crippen LogP contribution >= 0.6 is 0 Å². The summed E-state index contributed by atoms with van der Waals surface area (Å²) in [6, 6.07) is 20.6. The molecule has 0 fully saturated rings. The Morgan fingerprint density at radius 3 is 2.42 bits per heavy atom. The number of benzene rings is 3. The second-order valence-electron chi connectivity index (χ2n) is 6.17. The normalized spacial score (nSPS) is 11.8. The molecule has 0 N–H and O–H groups in total. The van der Waals surface area contributed by atoms with Crippen LogP contribution in [0.15, 0.2) is 69.5 Å². The molecule has 0 saturated heterocycles. The van der Waals surface area contributed by atoms with Crippen LogP contribution < -0.4 is 4.57 Å². The molecule has 0 atom stereocenters. The average molecular weight is 314 g/mol. The van der Waals surface area contributed by atoms with Crippen LogP contribution in [0.2, 0.25) is 0 Å². The number of furan rings is 1. The van der Waals surface area contributed by atoms with E-state index in [2.05, 4.69) is 41.8 Å². The van der Waals surface area contributed by atoms with Gasteiger partial charge in [-0.25, -0.2) is 0 Å². The minimum Gasteiger partial charge on any atom is -0.452 e. The fourth-order valence-corrected chi connectivity index (χ4v) is 3.44. The molecule has 2 heterocycles. The van der Waals surface area contributed by atoms with Crippen LogP contribution in [-0.2, 0) is 7.05 Å². The molecule has 116 valence electrons. The third-order valence-electron chi connectivity index (χ3n) is 4.72. The first kappa shape index (κ1) is 13.4. The highest BCUT2D eigenvalue weighted by Crippen LogP contribution is 2.35. The molecule has 0 aliphatic rings. The monoisotopic (exact) mass is 314 g/mol.